The molecule has 2 aromatic rings. The molecule has 2 heterocycles. The molecule has 0 spiro atoms. The first-order valence-corrected chi connectivity index (χ1v) is 8.20. The van der Waals surface area contributed by atoms with Gasteiger partial charge in [0.15, 0.2) is 0 Å². The lowest BCUT2D eigenvalue weighted by atomic mass is 10.1. The van der Waals surface area contributed by atoms with E-state index >= 15 is 0 Å². The third-order valence-electron chi connectivity index (χ3n) is 4.41. The van der Waals surface area contributed by atoms with Crippen molar-refractivity contribution >= 4 is 17.3 Å². The molecule has 0 atom stereocenters. The Morgan fingerprint density at radius 1 is 1.22 bits per heavy atom. The summed E-state index contributed by atoms with van der Waals surface area (Å²) in [6, 6.07) is 8.10. The van der Waals surface area contributed by atoms with Crippen LogP contribution in [0, 0.1) is 13.8 Å². The van der Waals surface area contributed by atoms with Gasteiger partial charge in [0.2, 0.25) is 5.91 Å². The van der Waals surface area contributed by atoms with Crippen LogP contribution in [0.5, 0.6) is 0 Å². The van der Waals surface area contributed by atoms with E-state index in [0.29, 0.717) is 12.8 Å². The van der Waals surface area contributed by atoms with Crippen LogP contribution in [0.1, 0.15) is 36.3 Å². The van der Waals surface area contributed by atoms with E-state index in [0.717, 1.165) is 35.8 Å². The number of benzene rings is 1. The number of carbonyl (C=O) groups is 1. The zero-order valence-electron chi connectivity index (χ0n) is 13.8. The van der Waals surface area contributed by atoms with Crippen molar-refractivity contribution in [1.82, 2.24) is 5.16 Å². The molecule has 1 N–H and O–H groups in total. The maximum absolute atomic E-state index is 12.1. The van der Waals surface area contributed by atoms with Crippen LogP contribution in [-0.4, -0.2) is 24.2 Å². The van der Waals surface area contributed by atoms with Crippen LogP contribution in [0.3, 0.4) is 0 Å². The van der Waals surface area contributed by atoms with Crippen molar-refractivity contribution in [2.75, 3.05) is 23.3 Å². The van der Waals surface area contributed by atoms with Gasteiger partial charge >= 0.3 is 0 Å². The predicted molar refractivity (Wildman–Crippen MR) is 90.8 cm³/mol. The number of hydrogen-bond acceptors (Lipinski definition) is 4. The number of nitrogens with one attached hydrogen (secondary N) is 1. The van der Waals surface area contributed by atoms with Crippen LogP contribution < -0.4 is 10.2 Å². The van der Waals surface area contributed by atoms with Gasteiger partial charge in [0, 0.05) is 36.4 Å². The molecule has 0 unspecified atom stereocenters. The molecule has 5 nitrogen and oxygen atoms in total. The van der Waals surface area contributed by atoms with Gasteiger partial charge in [-0.25, -0.2) is 0 Å². The van der Waals surface area contributed by atoms with Crippen molar-refractivity contribution in [3.63, 3.8) is 0 Å². The van der Waals surface area contributed by atoms with Gasteiger partial charge in [0.05, 0.1) is 5.69 Å². The van der Waals surface area contributed by atoms with Crippen molar-refractivity contribution in [2.45, 2.75) is 39.5 Å². The van der Waals surface area contributed by atoms with Crippen LogP contribution in [0.2, 0.25) is 0 Å². The van der Waals surface area contributed by atoms with Crippen molar-refractivity contribution in [3.8, 4) is 0 Å². The molecule has 122 valence electrons. The topological polar surface area (TPSA) is 58.4 Å². The van der Waals surface area contributed by atoms with Crippen LogP contribution in [0.4, 0.5) is 11.4 Å². The van der Waals surface area contributed by atoms with Gasteiger partial charge < -0.3 is 14.7 Å². The van der Waals surface area contributed by atoms with Crippen LogP contribution in [0.15, 0.2) is 28.8 Å². The number of anilines is 2. The summed E-state index contributed by atoms with van der Waals surface area (Å²) in [5.41, 5.74) is 3.97. The third-order valence-corrected chi connectivity index (χ3v) is 4.41. The molecule has 0 radical (unpaired) electrons. The predicted octanol–water partition coefficient (Wildman–Crippen LogP) is 3.46. The number of nitrogens with zero attached hydrogens (tertiary/aromatic N) is 2. The highest BCUT2D eigenvalue weighted by Crippen LogP contribution is 2.22. The minimum Gasteiger partial charge on any atom is -0.372 e. The number of aromatic nitrogens is 1. The average Bonchev–Trinajstić information content (AvgIpc) is 3.17. The Bertz CT molecular complexity index is 651. The molecule has 0 aliphatic carbocycles. The Balaban J connectivity index is 1.53. The lowest BCUT2D eigenvalue weighted by Crippen LogP contribution is -2.17. The smallest absolute Gasteiger partial charge is 0.224 e. The molecular weight excluding hydrogens is 290 g/mol. The number of aryl methyl sites for hydroxylation is 2. The summed E-state index contributed by atoms with van der Waals surface area (Å²) in [5, 5.41) is 6.87. The largest absolute Gasteiger partial charge is 0.372 e. The summed E-state index contributed by atoms with van der Waals surface area (Å²) in [6.07, 6.45) is 3.61. The van der Waals surface area contributed by atoms with E-state index in [9.17, 15) is 4.79 Å². The third kappa shape index (κ3) is 3.73. The van der Waals surface area contributed by atoms with E-state index in [1.54, 1.807) is 0 Å². The minimum atomic E-state index is 0.0129. The van der Waals surface area contributed by atoms with Crippen molar-refractivity contribution in [1.29, 1.82) is 0 Å². The minimum absolute atomic E-state index is 0.0129. The molecule has 1 aromatic carbocycles. The second kappa shape index (κ2) is 6.86. The van der Waals surface area contributed by atoms with Gasteiger partial charge in [-0.2, -0.15) is 0 Å². The van der Waals surface area contributed by atoms with Crippen molar-refractivity contribution in [2.24, 2.45) is 0 Å². The lowest BCUT2D eigenvalue weighted by molar-refractivity contribution is -0.116. The molecule has 1 aliphatic heterocycles. The van der Waals surface area contributed by atoms with Gasteiger partial charge in [0.25, 0.3) is 0 Å². The number of hydrogen-bond donors (Lipinski definition) is 1. The molecule has 5 heteroatoms. The van der Waals surface area contributed by atoms with Crippen LogP contribution in [-0.2, 0) is 11.2 Å². The molecule has 1 amide bonds. The van der Waals surface area contributed by atoms with Crippen LogP contribution in [0.25, 0.3) is 0 Å². The van der Waals surface area contributed by atoms with Crippen molar-refractivity contribution in [3.05, 3.63) is 41.3 Å². The van der Waals surface area contributed by atoms with Gasteiger partial charge in [-0.3, -0.25) is 4.79 Å². The second-order valence-corrected chi connectivity index (χ2v) is 6.09. The first-order valence-electron chi connectivity index (χ1n) is 8.20. The molecule has 1 saturated heterocycles. The molecule has 0 saturated carbocycles. The summed E-state index contributed by atoms with van der Waals surface area (Å²) in [7, 11) is 0. The Morgan fingerprint density at radius 3 is 2.52 bits per heavy atom. The highest BCUT2D eigenvalue weighted by atomic mass is 16.5. The van der Waals surface area contributed by atoms with E-state index in [-0.39, 0.29) is 5.91 Å². The molecule has 23 heavy (non-hydrogen) atoms. The molecule has 1 aromatic heterocycles. The maximum Gasteiger partial charge on any atom is 0.224 e. The fourth-order valence-corrected chi connectivity index (χ4v) is 3.05. The second-order valence-electron chi connectivity index (χ2n) is 6.09. The van der Waals surface area contributed by atoms with Gasteiger partial charge in [-0.15, -0.1) is 0 Å². The number of carbonyl (C=O) groups excluding carboxylic acids is 1. The summed E-state index contributed by atoms with van der Waals surface area (Å²) < 4.78 is 5.12. The van der Waals surface area contributed by atoms with Gasteiger partial charge in [0.1, 0.15) is 5.76 Å². The summed E-state index contributed by atoms with van der Waals surface area (Å²) >= 11 is 0. The van der Waals surface area contributed by atoms with E-state index < -0.39 is 0 Å². The SMILES string of the molecule is Cc1noc(C)c1CCC(=O)Nc1ccc(N2CCCC2)cc1. The molecule has 1 fully saturated rings. The number of rotatable bonds is 5. The zero-order valence-corrected chi connectivity index (χ0v) is 13.8. The summed E-state index contributed by atoms with van der Waals surface area (Å²) in [4.78, 5) is 14.5. The zero-order chi connectivity index (χ0) is 16.2. The first kappa shape index (κ1) is 15.6. The Hall–Kier alpha value is -2.30. The molecule has 0 bridgehead atoms. The fraction of sp³-hybridized carbons (Fsp3) is 0.444. The van der Waals surface area contributed by atoms with E-state index in [1.165, 1.54) is 18.5 Å². The van der Waals surface area contributed by atoms with E-state index in [2.05, 4.69) is 27.5 Å². The van der Waals surface area contributed by atoms with Gasteiger partial charge in [-0.1, -0.05) is 5.16 Å². The standard InChI is InChI=1S/C18H23N3O2/c1-13-17(14(2)23-20-13)9-10-18(22)19-15-5-7-16(8-6-15)21-11-3-4-12-21/h5-8H,3-4,9-12H2,1-2H3,(H,19,22). The monoisotopic (exact) mass is 313 g/mol. The fourth-order valence-electron chi connectivity index (χ4n) is 3.05. The molecule has 3 rings (SSSR count). The highest BCUT2D eigenvalue weighted by molar-refractivity contribution is 5.91. The molecular formula is C18H23N3O2. The maximum atomic E-state index is 12.1. The van der Waals surface area contributed by atoms with E-state index in [1.807, 2.05) is 26.0 Å². The summed E-state index contributed by atoms with van der Waals surface area (Å²) in [5.74, 6) is 0.809. The Morgan fingerprint density at radius 2 is 1.91 bits per heavy atom. The van der Waals surface area contributed by atoms with Crippen LogP contribution >= 0.6 is 0 Å². The average molecular weight is 313 g/mol. The highest BCUT2D eigenvalue weighted by Gasteiger charge is 2.13. The molecule has 1 aliphatic rings. The lowest BCUT2D eigenvalue weighted by Gasteiger charge is -2.17. The van der Waals surface area contributed by atoms with Crippen molar-refractivity contribution < 1.29 is 9.32 Å². The Labute approximate surface area is 136 Å². The quantitative estimate of drug-likeness (QED) is 0.918. The van der Waals surface area contributed by atoms with Gasteiger partial charge in [-0.05, 0) is 57.4 Å². The normalized spacial score (nSPS) is 14.3. The Kier molecular flexibility index (Phi) is 4.65. The number of amides is 1. The first-order chi connectivity index (χ1) is 11.1. The summed E-state index contributed by atoms with van der Waals surface area (Å²) in [6.45, 7) is 6.04. The van der Waals surface area contributed by atoms with E-state index in [4.69, 9.17) is 4.52 Å².